The van der Waals surface area contributed by atoms with Gasteiger partial charge < -0.3 is 15.4 Å². The lowest BCUT2D eigenvalue weighted by atomic mass is 10.1. The predicted octanol–water partition coefficient (Wildman–Crippen LogP) is 2.96. The fourth-order valence-corrected chi connectivity index (χ4v) is 2.36. The van der Waals surface area contributed by atoms with E-state index in [9.17, 15) is 0 Å². The first-order valence-electron chi connectivity index (χ1n) is 8.20. The molecule has 2 aromatic rings. The Hall–Kier alpha value is -2.56. The van der Waals surface area contributed by atoms with Crippen LogP contribution in [0.1, 0.15) is 29.4 Å². The lowest BCUT2D eigenvalue weighted by molar-refractivity contribution is 0.409. The average Bonchev–Trinajstić information content (AvgIpc) is 2.58. The molecule has 0 aliphatic heterocycles. The van der Waals surface area contributed by atoms with Crippen LogP contribution in [0.3, 0.4) is 0 Å². The van der Waals surface area contributed by atoms with Crippen LogP contribution in [0.5, 0.6) is 5.75 Å². The lowest BCUT2D eigenvalue weighted by Crippen LogP contribution is -2.37. The Balaban J connectivity index is 2.05. The number of nitrogens with one attached hydrogen (secondary N) is 2. The standard InChI is InChI=1S/C19H26N4O/c1-5-20-19(22-13-17-8-6-7-15(3)23-17)21-12-16-10-9-14(2)11-18(16)24-4/h6-11H,5,12-13H2,1-4H3,(H2,20,21,22). The van der Waals surface area contributed by atoms with E-state index in [0.29, 0.717) is 13.1 Å². The van der Waals surface area contributed by atoms with Crippen molar-refractivity contribution in [3.05, 3.63) is 58.9 Å². The van der Waals surface area contributed by atoms with Crippen LogP contribution in [0.25, 0.3) is 0 Å². The largest absolute Gasteiger partial charge is 0.496 e. The summed E-state index contributed by atoms with van der Waals surface area (Å²) in [4.78, 5) is 9.14. The number of hydrogen-bond acceptors (Lipinski definition) is 3. The summed E-state index contributed by atoms with van der Waals surface area (Å²) in [6, 6.07) is 12.2. The Morgan fingerprint density at radius 2 is 2.00 bits per heavy atom. The average molecular weight is 326 g/mol. The maximum Gasteiger partial charge on any atom is 0.191 e. The number of nitrogens with zero attached hydrogens (tertiary/aromatic N) is 2. The third kappa shape index (κ3) is 5.26. The van der Waals surface area contributed by atoms with Crippen molar-refractivity contribution in [2.45, 2.75) is 33.9 Å². The molecule has 2 rings (SSSR count). The monoisotopic (exact) mass is 326 g/mol. The van der Waals surface area contributed by atoms with Gasteiger partial charge in [-0.3, -0.25) is 4.98 Å². The molecule has 1 aromatic heterocycles. The molecule has 2 N–H and O–H groups in total. The summed E-state index contributed by atoms with van der Waals surface area (Å²) < 4.78 is 5.44. The minimum absolute atomic E-state index is 0.556. The molecular weight excluding hydrogens is 300 g/mol. The van der Waals surface area contributed by atoms with Crippen molar-refractivity contribution in [3.63, 3.8) is 0 Å². The fraction of sp³-hybridized carbons (Fsp3) is 0.368. The molecule has 24 heavy (non-hydrogen) atoms. The highest BCUT2D eigenvalue weighted by molar-refractivity contribution is 5.79. The van der Waals surface area contributed by atoms with E-state index in [1.54, 1.807) is 7.11 Å². The predicted molar refractivity (Wildman–Crippen MR) is 98.4 cm³/mol. The van der Waals surface area contributed by atoms with Crippen LogP contribution in [-0.4, -0.2) is 24.6 Å². The minimum Gasteiger partial charge on any atom is -0.496 e. The highest BCUT2D eigenvalue weighted by atomic mass is 16.5. The molecular formula is C19H26N4O. The molecule has 0 bridgehead atoms. The summed E-state index contributed by atoms with van der Waals surface area (Å²) in [6.45, 7) is 8.09. The quantitative estimate of drug-likeness (QED) is 0.633. The Morgan fingerprint density at radius 3 is 2.71 bits per heavy atom. The van der Waals surface area contributed by atoms with Crippen molar-refractivity contribution in [2.24, 2.45) is 4.99 Å². The number of ether oxygens (including phenoxy) is 1. The third-order valence-electron chi connectivity index (χ3n) is 3.58. The molecule has 1 aromatic carbocycles. The van der Waals surface area contributed by atoms with Gasteiger partial charge in [0, 0.05) is 17.8 Å². The third-order valence-corrected chi connectivity index (χ3v) is 3.58. The van der Waals surface area contributed by atoms with Crippen LogP contribution in [0.15, 0.2) is 41.4 Å². The number of rotatable bonds is 6. The van der Waals surface area contributed by atoms with E-state index in [1.807, 2.05) is 31.2 Å². The van der Waals surface area contributed by atoms with Crippen LogP contribution < -0.4 is 15.4 Å². The molecule has 0 atom stereocenters. The van der Waals surface area contributed by atoms with Crippen LogP contribution in [0.2, 0.25) is 0 Å². The van der Waals surface area contributed by atoms with E-state index in [1.165, 1.54) is 5.56 Å². The Kier molecular flexibility index (Phi) is 6.61. The highest BCUT2D eigenvalue weighted by Crippen LogP contribution is 2.20. The second kappa shape index (κ2) is 8.91. The zero-order valence-corrected chi connectivity index (χ0v) is 14.9. The normalized spacial score (nSPS) is 11.2. The number of benzene rings is 1. The second-order valence-electron chi connectivity index (χ2n) is 5.63. The van der Waals surface area contributed by atoms with Gasteiger partial charge in [0.15, 0.2) is 5.96 Å². The molecule has 0 aliphatic rings. The van der Waals surface area contributed by atoms with Crippen LogP contribution in [0, 0.1) is 13.8 Å². The van der Waals surface area contributed by atoms with Crippen molar-refractivity contribution in [1.29, 1.82) is 0 Å². The summed E-state index contributed by atoms with van der Waals surface area (Å²) in [5, 5.41) is 6.58. The smallest absolute Gasteiger partial charge is 0.191 e. The van der Waals surface area contributed by atoms with E-state index >= 15 is 0 Å². The van der Waals surface area contributed by atoms with Crippen molar-refractivity contribution in [2.75, 3.05) is 13.7 Å². The van der Waals surface area contributed by atoms with Gasteiger partial charge in [-0.2, -0.15) is 0 Å². The Morgan fingerprint density at radius 1 is 1.17 bits per heavy atom. The molecule has 0 saturated carbocycles. The van der Waals surface area contributed by atoms with Gasteiger partial charge in [0.05, 0.1) is 25.9 Å². The van der Waals surface area contributed by atoms with E-state index in [0.717, 1.165) is 35.2 Å². The number of aliphatic imine (C=N–C) groups is 1. The number of aromatic nitrogens is 1. The fourth-order valence-electron chi connectivity index (χ4n) is 2.36. The van der Waals surface area contributed by atoms with Gasteiger partial charge in [0.2, 0.25) is 0 Å². The van der Waals surface area contributed by atoms with E-state index in [2.05, 4.69) is 46.6 Å². The number of methoxy groups -OCH3 is 1. The molecule has 1 heterocycles. The van der Waals surface area contributed by atoms with Crippen LogP contribution in [-0.2, 0) is 13.1 Å². The van der Waals surface area contributed by atoms with Crippen molar-refractivity contribution >= 4 is 5.96 Å². The number of guanidine groups is 1. The van der Waals surface area contributed by atoms with Gasteiger partial charge in [-0.25, -0.2) is 4.99 Å². The summed E-state index contributed by atoms with van der Waals surface area (Å²) in [7, 11) is 1.69. The van der Waals surface area contributed by atoms with E-state index in [-0.39, 0.29) is 0 Å². The molecule has 0 spiro atoms. The molecule has 0 radical (unpaired) electrons. The van der Waals surface area contributed by atoms with Crippen molar-refractivity contribution < 1.29 is 4.74 Å². The first-order chi connectivity index (χ1) is 11.6. The lowest BCUT2D eigenvalue weighted by Gasteiger charge is -2.12. The van der Waals surface area contributed by atoms with Crippen molar-refractivity contribution in [3.8, 4) is 5.75 Å². The molecule has 0 fully saturated rings. The highest BCUT2D eigenvalue weighted by Gasteiger charge is 2.04. The van der Waals surface area contributed by atoms with Gasteiger partial charge in [-0.1, -0.05) is 18.2 Å². The van der Waals surface area contributed by atoms with Crippen molar-refractivity contribution in [1.82, 2.24) is 15.6 Å². The maximum absolute atomic E-state index is 5.44. The summed E-state index contributed by atoms with van der Waals surface area (Å²) in [6.07, 6.45) is 0. The zero-order chi connectivity index (χ0) is 17.4. The molecule has 0 aliphatic carbocycles. The summed E-state index contributed by atoms with van der Waals surface area (Å²) >= 11 is 0. The zero-order valence-electron chi connectivity index (χ0n) is 14.9. The maximum atomic E-state index is 5.44. The van der Waals surface area contributed by atoms with Gasteiger partial charge in [-0.05, 0) is 44.5 Å². The number of aryl methyl sites for hydroxylation is 2. The van der Waals surface area contributed by atoms with Gasteiger partial charge in [0.25, 0.3) is 0 Å². The molecule has 5 heteroatoms. The van der Waals surface area contributed by atoms with Crippen LogP contribution >= 0.6 is 0 Å². The molecule has 0 unspecified atom stereocenters. The topological polar surface area (TPSA) is 58.5 Å². The molecule has 0 saturated heterocycles. The number of pyridine rings is 1. The summed E-state index contributed by atoms with van der Waals surface area (Å²) in [5.41, 5.74) is 4.25. The molecule has 5 nitrogen and oxygen atoms in total. The molecule has 0 amide bonds. The minimum atomic E-state index is 0.556. The Labute approximate surface area is 144 Å². The summed E-state index contributed by atoms with van der Waals surface area (Å²) in [5.74, 6) is 1.64. The van der Waals surface area contributed by atoms with Gasteiger partial charge in [0.1, 0.15) is 5.75 Å². The van der Waals surface area contributed by atoms with Gasteiger partial charge in [-0.15, -0.1) is 0 Å². The SMILES string of the molecule is CCNC(=NCc1ccc(C)cc1OC)NCc1cccc(C)n1. The molecule has 128 valence electrons. The second-order valence-corrected chi connectivity index (χ2v) is 5.63. The van der Waals surface area contributed by atoms with Crippen LogP contribution in [0.4, 0.5) is 0 Å². The van der Waals surface area contributed by atoms with E-state index in [4.69, 9.17) is 4.74 Å². The van der Waals surface area contributed by atoms with Gasteiger partial charge >= 0.3 is 0 Å². The van der Waals surface area contributed by atoms with E-state index < -0.39 is 0 Å². The number of hydrogen-bond donors (Lipinski definition) is 2. The first-order valence-corrected chi connectivity index (χ1v) is 8.20. The Bertz CT molecular complexity index is 698. The first kappa shape index (κ1) is 17.8.